The third-order valence-corrected chi connectivity index (χ3v) is 4.27. The molecule has 1 aliphatic carbocycles. The molecule has 0 heterocycles. The lowest BCUT2D eigenvalue weighted by Gasteiger charge is -2.48. The molecule has 14 heavy (non-hydrogen) atoms. The number of hydrogen-bond acceptors (Lipinski definition) is 0. The van der Waals surface area contributed by atoms with Crippen LogP contribution in [-0.2, 0) is 0 Å². The Hall–Kier alpha value is 0. The first-order valence-corrected chi connectivity index (χ1v) is 6.28. The second-order valence-corrected chi connectivity index (χ2v) is 6.92. The molecule has 0 amide bonds. The van der Waals surface area contributed by atoms with Gasteiger partial charge in [0.05, 0.1) is 0 Å². The van der Waals surface area contributed by atoms with Crippen LogP contribution in [0.4, 0.5) is 0 Å². The Labute approximate surface area is 90.5 Å². The topological polar surface area (TPSA) is 0 Å². The number of rotatable bonds is 2. The zero-order valence-electron chi connectivity index (χ0n) is 11.0. The molecule has 0 radical (unpaired) electrons. The Morgan fingerprint density at radius 3 is 2.14 bits per heavy atom. The van der Waals surface area contributed by atoms with E-state index in [0.717, 1.165) is 11.8 Å². The summed E-state index contributed by atoms with van der Waals surface area (Å²) in [5.41, 5.74) is 1.18. The van der Waals surface area contributed by atoms with Crippen LogP contribution in [0.25, 0.3) is 0 Å². The standard InChI is InChI=1S/C14H28/c1-7-14(6)9-12(11(2)3)8-13(4,5)10-14/h11-12H,7-10H2,1-6H3. The van der Waals surface area contributed by atoms with Gasteiger partial charge in [0.1, 0.15) is 0 Å². The van der Waals surface area contributed by atoms with E-state index in [0.29, 0.717) is 10.8 Å². The van der Waals surface area contributed by atoms with Crippen LogP contribution >= 0.6 is 0 Å². The molecular weight excluding hydrogens is 168 g/mol. The van der Waals surface area contributed by atoms with Crippen molar-refractivity contribution in [2.75, 3.05) is 0 Å². The maximum Gasteiger partial charge on any atom is -0.0321 e. The highest BCUT2D eigenvalue weighted by Crippen LogP contribution is 2.51. The zero-order chi connectivity index (χ0) is 11.0. The fraction of sp³-hybridized carbons (Fsp3) is 1.00. The molecule has 1 aliphatic rings. The van der Waals surface area contributed by atoms with Crippen LogP contribution in [0.15, 0.2) is 0 Å². The lowest BCUT2D eigenvalue weighted by atomic mass is 9.58. The van der Waals surface area contributed by atoms with Crippen LogP contribution in [0.2, 0.25) is 0 Å². The summed E-state index contributed by atoms with van der Waals surface area (Å²) in [5.74, 6) is 1.81. The van der Waals surface area contributed by atoms with E-state index in [9.17, 15) is 0 Å². The minimum absolute atomic E-state index is 0.567. The molecule has 0 aromatic carbocycles. The van der Waals surface area contributed by atoms with E-state index in [1.807, 2.05) is 0 Å². The Bertz CT molecular complexity index is 190. The fourth-order valence-electron chi connectivity index (χ4n) is 3.46. The van der Waals surface area contributed by atoms with Crippen LogP contribution in [0.5, 0.6) is 0 Å². The smallest absolute Gasteiger partial charge is 0.0321 e. The van der Waals surface area contributed by atoms with Gasteiger partial charge in [-0.3, -0.25) is 0 Å². The molecule has 84 valence electrons. The Kier molecular flexibility index (Phi) is 3.33. The molecule has 1 rings (SSSR count). The van der Waals surface area contributed by atoms with Crippen LogP contribution in [0.3, 0.4) is 0 Å². The van der Waals surface area contributed by atoms with Crippen molar-refractivity contribution in [1.29, 1.82) is 0 Å². The van der Waals surface area contributed by atoms with E-state index in [1.54, 1.807) is 0 Å². The van der Waals surface area contributed by atoms with Crippen molar-refractivity contribution in [3.63, 3.8) is 0 Å². The first-order valence-electron chi connectivity index (χ1n) is 6.28. The molecule has 0 nitrogen and oxygen atoms in total. The second kappa shape index (κ2) is 3.87. The van der Waals surface area contributed by atoms with Crippen LogP contribution in [0.1, 0.15) is 67.2 Å². The Balaban J connectivity index is 2.77. The van der Waals surface area contributed by atoms with Gasteiger partial charge in [-0.05, 0) is 41.9 Å². The van der Waals surface area contributed by atoms with Gasteiger partial charge >= 0.3 is 0 Å². The highest BCUT2D eigenvalue weighted by atomic mass is 14.5. The van der Waals surface area contributed by atoms with Gasteiger partial charge in [0.2, 0.25) is 0 Å². The van der Waals surface area contributed by atoms with Gasteiger partial charge in [-0.1, -0.05) is 48.0 Å². The molecule has 0 bridgehead atoms. The Morgan fingerprint density at radius 1 is 1.14 bits per heavy atom. The lowest BCUT2D eigenvalue weighted by molar-refractivity contribution is 0.0324. The SMILES string of the molecule is CCC1(C)CC(C(C)C)CC(C)(C)C1. The Morgan fingerprint density at radius 2 is 1.71 bits per heavy atom. The fourth-order valence-corrected chi connectivity index (χ4v) is 3.46. The average Bonchev–Trinajstić information content (AvgIpc) is 2.01. The predicted molar refractivity (Wildman–Crippen MR) is 64.4 cm³/mol. The van der Waals surface area contributed by atoms with Gasteiger partial charge in [0.15, 0.2) is 0 Å². The average molecular weight is 196 g/mol. The normalized spacial score (nSPS) is 37.5. The van der Waals surface area contributed by atoms with E-state index in [2.05, 4.69) is 41.5 Å². The first kappa shape index (κ1) is 12.1. The molecule has 0 N–H and O–H groups in total. The maximum absolute atomic E-state index is 2.49. The van der Waals surface area contributed by atoms with Crippen molar-refractivity contribution in [1.82, 2.24) is 0 Å². The molecule has 1 saturated carbocycles. The van der Waals surface area contributed by atoms with Gasteiger partial charge in [-0.25, -0.2) is 0 Å². The minimum Gasteiger partial charge on any atom is -0.0649 e. The summed E-state index contributed by atoms with van der Waals surface area (Å²) in [5, 5.41) is 0. The summed E-state index contributed by atoms with van der Waals surface area (Å²) in [6.07, 6.45) is 5.64. The molecular formula is C14H28. The van der Waals surface area contributed by atoms with E-state index in [4.69, 9.17) is 0 Å². The molecule has 1 fully saturated rings. The minimum atomic E-state index is 0.567. The quantitative estimate of drug-likeness (QED) is 0.590. The van der Waals surface area contributed by atoms with Crippen molar-refractivity contribution in [2.45, 2.75) is 67.2 Å². The largest absolute Gasteiger partial charge is 0.0649 e. The van der Waals surface area contributed by atoms with Crippen LogP contribution in [-0.4, -0.2) is 0 Å². The number of hydrogen-bond donors (Lipinski definition) is 0. The molecule has 2 atom stereocenters. The third kappa shape index (κ3) is 2.74. The molecule has 2 unspecified atom stereocenters. The second-order valence-electron chi connectivity index (χ2n) is 6.92. The van der Waals surface area contributed by atoms with E-state index >= 15 is 0 Å². The van der Waals surface area contributed by atoms with Gasteiger partial charge < -0.3 is 0 Å². The van der Waals surface area contributed by atoms with Crippen LogP contribution < -0.4 is 0 Å². The highest BCUT2D eigenvalue weighted by molar-refractivity contribution is 4.91. The zero-order valence-corrected chi connectivity index (χ0v) is 11.0. The van der Waals surface area contributed by atoms with Gasteiger partial charge in [0, 0.05) is 0 Å². The highest BCUT2D eigenvalue weighted by Gasteiger charge is 2.40. The summed E-state index contributed by atoms with van der Waals surface area (Å²) in [4.78, 5) is 0. The summed E-state index contributed by atoms with van der Waals surface area (Å²) in [6, 6.07) is 0. The van der Waals surface area contributed by atoms with E-state index in [1.165, 1.54) is 25.7 Å². The molecule has 0 spiro atoms. The molecule has 0 aliphatic heterocycles. The van der Waals surface area contributed by atoms with E-state index < -0.39 is 0 Å². The molecule has 0 aromatic heterocycles. The maximum atomic E-state index is 2.49. The first-order chi connectivity index (χ1) is 6.28. The molecule has 0 heteroatoms. The van der Waals surface area contributed by atoms with Crippen molar-refractivity contribution in [3.8, 4) is 0 Å². The lowest BCUT2D eigenvalue weighted by Crippen LogP contribution is -2.37. The van der Waals surface area contributed by atoms with Gasteiger partial charge in [-0.15, -0.1) is 0 Å². The van der Waals surface area contributed by atoms with Crippen molar-refractivity contribution in [3.05, 3.63) is 0 Å². The predicted octanol–water partition coefficient (Wildman–Crippen LogP) is 4.89. The van der Waals surface area contributed by atoms with Crippen molar-refractivity contribution in [2.24, 2.45) is 22.7 Å². The van der Waals surface area contributed by atoms with Crippen molar-refractivity contribution >= 4 is 0 Å². The third-order valence-electron chi connectivity index (χ3n) is 4.27. The molecule has 0 aromatic rings. The van der Waals surface area contributed by atoms with Gasteiger partial charge in [-0.2, -0.15) is 0 Å². The van der Waals surface area contributed by atoms with Crippen LogP contribution in [0, 0.1) is 22.7 Å². The summed E-state index contributed by atoms with van der Waals surface area (Å²) in [6.45, 7) is 14.5. The monoisotopic (exact) mass is 196 g/mol. The summed E-state index contributed by atoms with van der Waals surface area (Å²) >= 11 is 0. The van der Waals surface area contributed by atoms with Crippen molar-refractivity contribution < 1.29 is 0 Å². The van der Waals surface area contributed by atoms with Gasteiger partial charge in [0.25, 0.3) is 0 Å². The molecule has 0 saturated heterocycles. The summed E-state index contributed by atoms with van der Waals surface area (Å²) < 4.78 is 0. The van der Waals surface area contributed by atoms with E-state index in [-0.39, 0.29) is 0 Å². The summed E-state index contributed by atoms with van der Waals surface area (Å²) in [7, 11) is 0.